The maximum atomic E-state index is 9.06. The van der Waals surface area contributed by atoms with Crippen LogP contribution in [0.25, 0.3) is 0 Å². The number of halogens is 2. The first-order chi connectivity index (χ1) is 7.41. The molecule has 1 aromatic carbocycles. The third-order valence-electron chi connectivity index (χ3n) is 2.01. The summed E-state index contributed by atoms with van der Waals surface area (Å²) >= 11 is 11.8. The van der Waals surface area contributed by atoms with Crippen LogP contribution in [0.15, 0.2) is 18.2 Å². The van der Waals surface area contributed by atoms with E-state index in [0.717, 1.165) is 0 Å². The van der Waals surface area contributed by atoms with Crippen LogP contribution in [0.4, 0.5) is 0 Å². The highest BCUT2D eigenvalue weighted by Crippen LogP contribution is 2.30. The van der Waals surface area contributed by atoms with Gasteiger partial charge in [0.25, 0.3) is 0 Å². The molecule has 0 aliphatic heterocycles. The van der Waals surface area contributed by atoms with Crippen LogP contribution < -0.4 is 5.73 Å². The Morgan fingerprint density at radius 2 is 2.06 bits per heavy atom. The third kappa shape index (κ3) is 3.59. The van der Waals surface area contributed by atoms with Gasteiger partial charge in [-0.15, -0.1) is 0 Å². The molecule has 0 aliphatic rings. The second-order valence-electron chi connectivity index (χ2n) is 3.52. The molecule has 16 heavy (non-hydrogen) atoms. The second kappa shape index (κ2) is 5.82. The molecule has 0 aliphatic carbocycles. The van der Waals surface area contributed by atoms with Crippen molar-refractivity contribution in [2.75, 3.05) is 7.05 Å². The van der Waals surface area contributed by atoms with Crippen LogP contribution in [0.5, 0.6) is 0 Å². The van der Waals surface area contributed by atoms with E-state index in [1.807, 2.05) is 0 Å². The number of hydroxylamine groups is 2. The summed E-state index contributed by atoms with van der Waals surface area (Å²) in [5.74, 6) is 0. The zero-order chi connectivity index (χ0) is 12.3. The summed E-state index contributed by atoms with van der Waals surface area (Å²) in [5.41, 5.74) is 6.45. The van der Waals surface area contributed by atoms with Gasteiger partial charge in [-0.05, 0) is 19.1 Å². The highest BCUT2D eigenvalue weighted by molar-refractivity contribution is 6.35. The van der Waals surface area contributed by atoms with Gasteiger partial charge in [-0.2, -0.15) is 0 Å². The molecule has 0 amide bonds. The zero-order valence-corrected chi connectivity index (χ0v) is 10.5. The standard InChI is InChI=1S/C10H14Cl2N2O2/c1-6(13)10(16-14(2)15)8-4-3-7(11)5-9(8)12/h3-6,10,15H,13H2,1-2H3. The number of rotatable bonds is 4. The van der Waals surface area contributed by atoms with Crippen molar-refractivity contribution in [1.29, 1.82) is 0 Å². The maximum Gasteiger partial charge on any atom is 0.123 e. The third-order valence-corrected chi connectivity index (χ3v) is 2.58. The summed E-state index contributed by atoms with van der Waals surface area (Å²) in [7, 11) is 1.36. The lowest BCUT2D eigenvalue weighted by Gasteiger charge is -2.24. The van der Waals surface area contributed by atoms with Gasteiger partial charge in [0.2, 0.25) is 0 Å². The lowest BCUT2D eigenvalue weighted by molar-refractivity contribution is -0.349. The first kappa shape index (κ1) is 13.7. The van der Waals surface area contributed by atoms with Crippen LogP contribution >= 0.6 is 23.2 Å². The van der Waals surface area contributed by atoms with E-state index in [2.05, 4.69) is 0 Å². The Balaban J connectivity index is 3.01. The first-order valence-electron chi connectivity index (χ1n) is 4.71. The highest BCUT2D eigenvalue weighted by Gasteiger charge is 2.21. The molecule has 1 rings (SSSR count). The average molecular weight is 265 g/mol. The average Bonchev–Trinajstić information content (AvgIpc) is 2.14. The Morgan fingerprint density at radius 3 is 2.50 bits per heavy atom. The Kier molecular flexibility index (Phi) is 4.98. The molecular formula is C10H14Cl2N2O2. The zero-order valence-electron chi connectivity index (χ0n) is 9.02. The summed E-state index contributed by atoms with van der Waals surface area (Å²) in [6.45, 7) is 1.76. The van der Waals surface area contributed by atoms with Gasteiger partial charge in [0.15, 0.2) is 0 Å². The van der Waals surface area contributed by atoms with E-state index in [0.29, 0.717) is 20.8 Å². The van der Waals surface area contributed by atoms with Crippen molar-refractivity contribution < 1.29 is 10.0 Å². The molecule has 1 aromatic rings. The topological polar surface area (TPSA) is 58.7 Å². The molecule has 0 bridgehead atoms. The normalized spacial score (nSPS) is 15.2. The van der Waals surface area contributed by atoms with Gasteiger partial charge >= 0.3 is 0 Å². The van der Waals surface area contributed by atoms with Crippen LogP contribution in [-0.2, 0) is 4.84 Å². The molecule has 90 valence electrons. The van der Waals surface area contributed by atoms with Gasteiger partial charge in [0.05, 0.1) is 0 Å². The summed E-state index contributed by atoms with van der Waals surface area (Å²) in [6, 6.07) is 4.70. The molecule has 0 fully saturated rings. The largest absolute Gasteiger partial charge is 0.325 e. The molecule has 4 nitrogen and oxygen atoms in total. The van der Waals surface area contributed by atoms with Crippen LogP contribution in [0.3, 0.4) is 0 Å². The van der Waals surface area contributed by atoms with Crippen molar-refractivity contribution in [3.63, 3.8) is 0 Å². The van der Waals surface area contributed by atoms with Gasteiger partial charge in [-0.25, -0.2) is 0 Å². The molecule has 2 atom stereocenters. The Labute approximate surface area is 104 Å². The molecular weight excluding hydrogens is 251 g/mol. The van der Waals surface area contributed by atoms with Crippen LogP contribution in [-0.4, -0.2) is 23.5 Å². The van der Waals surface area contributed by atoms with E-state index >= 15 is 0 Å². The van der Waals surface area contributed by atoms with Crippen molar-refractivity contribution in [3.05, 3.63) is 33.8 Å². The van der Waals surface area contributed by atoms with Crippen LogP contribution in [0.2, 0.25) is 10.0 Å². The number of nitrogens with two attached hydrogens (primary N) is 1. The van der Waals surface area contributed by atoms with Crippen molar-refractivity contribution in [1.82, 2.24) is 5.23 Å². The minimum atomic E-state index is -0.528. The summed E-state index contributed by atoms with van der Waals surface area (Å²) in [6.07, 6.45) is -0.528. The number of hydrogen-bond acceptors (Lipinski definition) is 4. The predicted molar refractivity (Wildman–Crippen MR) is 63.5 cm³/mol. The second-order valence-corrected chi connectivity index (χ2v) is 4.36. The van der Waals surface area contributed by atoms with E-state index in [9.17, 15) is 0 Å². The monoisotopic (exact) mass is 264 g/mol. The Hall–Kier alpha value is -0.360. The van der Waals surface area contributed by atoms with Crippen molar-refractivity contribution in [3.8, 4) is 0 Å². The molecule has 0 saturated carbocycles. The molecule has 2 unspecified atom stereocenters. The minimum absolute atomic E-state index is 0.326. The van der Waals surface area contributed by atoms with Crippen molar-refractivity contribution in [2.45, 2.75) is 19.1 Å². The van der Waals surface area contributed by atoms with Gasteiger partial charge in [-0.3, -0.25) is 10.0 Å². The summed E-state index contributed by atoms with van der Waals surface area (Å²) in [5, 5.41) is 10.7. The number of nitrogens with zero attached hydrogens (tertiary/aromatic N) is 1. The smallest absolute Gasteiger partial charge is 0.123 e. The maximum absolute atomic E-state index is 9.06. The van der Waals surface area contributed by atoms with E-state index in [1.54, 1.807) is 25.1 Å². The summed E-state index contributed by atoms with van der Waals surface area (Å²) in [4.78, 5) is 5.15. The fourth-order valence-electron chi connectivity index (χ4n) is 1.33. The molecule has 0 spiro atoms. The SMILES string of the molecule is CC(N)C(ON(C)O)c1ccc(Cl)cc1Cl. The first-order valence-corrected chi connectivity index (χ1v) is 5.47. The highest BCUT2D eigenvalue weighted by atomic mass is 35.5. The molecule has 6 heteroatoms. The van der Waals surface area contributed by atoms with E-state index in [-0.39, 0.29) is 6.04 Å². The van der Waals surface area contributed by atoms with Gasteiger partial charge in [-0.1, -0.05) is 34.5 Å². The fourth-order valence-corrected chi connectivity index (χ4v) is 1.85. The quantitative estimate of drug-likeness (QED) is 0.821. The van der Waals surface area contributed by atoms with Crippen molar-refractivity contribution >= 4 is 23.2 Å². The molecule has 0 aromatic heterocycles. The van der Waals surface area contributed by atoms with E-state index in [4.69, 9.17) is 39.0 Å². The lowest BCUT2D eigenvalue weighted by atomic mass is 10.0. The molecule has 0 radical (unpaired) electrons. The number of hydrogen-bond donors (Lipinski definition) is 2. The van der Waals surface area contributed by atoms with Crippen LogP contribution in [0.1, 0.15) is 18.6 Å². The molecule has 3 N–H and O–H groups in total. The Bertz CT molecular complexity index is 359. The fraction of sp³-hybridized carbons (Fsp3) is 0.400. The van der Waals surface area contributed by atoms with Gasteiger partial charge in [0, 0.05) is 28.7 Å². The van der Waals surface area contributed by atoms with Crippen molar-refractivity contribution in [2.24, 2.45) is 5.73 Å². The van der Waals surface area contributed by atoms with E-state index in [1.165, 1.54) is 7.05 Å². The number of benzene rings is 1. The van der Waals surface area contributed by atoms with Crippen LogP contribution in [0, 0.1) is 0 Å². The van der Waals surface area contributed by atoms with E-state index < -0.39 is 6.10 Å². The summed E-state index contributed by atoms with van der Waals surface area (Å²) < 4.78 is 0. The van der Waals surface area contributed by atoms with Gasteiger partial charge in [0.1, 0.15) is 6.10 Å². The Morgan fingerprint density at radius 1 is 1.44 bits per heavy atom. The lowest BCUT2D eigenvalue weighted by Crippen LogP contribution is -2.31. The van der Waals surface area contributed by atoms with Gasteiger partial charge < -0.3 is 5.73 Å². The predicted octanol–water partition coefficient (Wildman–Crippen LogP) is 2.63. The minimum Gasteiger partial charge on any atom is -0.325 e. The molecule has 0 heterocycles. The molecule has 0 saturated heterocycles.